The standard InChI is InChI=1S/C27H23FN6O/c1-16-21(17(2)31-30-16)12-26(35)33-14-22-24(15-33)29-25-13-23(18-8-10-20(28)11-9-18)32-34(25)27(22)19-6-4-3-5-7-19/h3-11,13H,12,14-15H2,1-2H3,(H,30,31). The molecule has 1 N–H and O–H groups in total. The normalized spacial score (nSPS) is 12.9. The lowest BCUT2D eigenvalue weighted by molar-refractivity contribution is -0.131. The highest BCUT2D eigenvalue weighted by Crippen LogP contribution is 2.34. The van der Waals surface area contributed by atoms with E-state index in [0.29, 0.717) is 25.2 Å². The molecule has 174 valence electrons. The molecule has 0 saturated carbocycles. The molecule has 35 heavy (non-hydrogen) atoms. The first-order valence-corrected chi connectivity index (χ1v) is 11.5. The molecule has 3 aromatic heterocycles. The van der Waals surface area contributed by atoms with Gasteiger partial charge in [-0.05, 0) is 38.1 Å². The van der Waals surface area contributed by atoms with E-state index >= 15 is 0 Å². The number of amides is 1. The van der Waals surface area contributed by atoms with Crippen LogP contribution in [0.4, 0.5) is 4.39 Å². The van der Waals surface area contributed by atoms with Gasteiger partial charge in [0.1, 0.15) is 5.82 Å². The van der Waals surface area contributed by atoms with Crippen LogP contribution in [0.15, 0.2) is 60.7 Å². The molecule has 7 nitrogen and oxygen atoms in total. The number of aromatic nitrogens is 5. The lowest BCUT2D eigenvalue weighted by atomic mass is 10.1. The number of halogens is 1. The van der Waals surface area contributed by atoms with Crippen LogP contribution < -0.4 is 0 Å². The number of carbonyl (C=O) groups excluding carboxylic acids is 1. The summed E-state index contributed by atoms with van der Waals surface area (Å²) in [5.41, 5.74) is 8.73. The van der Waals surface area contributed by atoms with Gasteiger partial charge in [0.15, 0.2) is 5.65 Å². The van der Waals surface area contributed by atoms with E-state index in [0.717, 1.165) is 50.7 Å². The summed E-state index contributed by atoms with van der Waals surface area (Å²) >= 11 is 0. The quantitative estimate of drug-likeness (QED) is 0.419. The number of rotatable bonds is 4. The Morgan fingerprint density at radius 1 is 1.03 bits per heavy atom. The number of fused-ring (bicyclic) bond motifs is 2. The predicted octanol–water partition coefficient (Wildman–Crippen LogP) is 4.63. The van der Waals surface area contributed by atoms with E-state index in [1.165, 1.54) is 12.1 Å². The summed E-state index contributed by atoms with van der Waals surface area (Å²) in [7, 11) is 0. The zero-order chi connectivity index (χ0) is 24.1. The molecule has 0 spiro atoms. The summed E-state index contributed by atoms with van der Waals surface area (Å²) in [5.74, 6) is -0.246. The van der Waals surface area contributed by atoms with Crippen LogP contribution in [0.25, 0.3) is 28.2 Å². The van der Waals surface area contributed by atoms with Crippen LogP contribution in [0.1, 0.15) is 28.2 Å². The maximum Gasteiger partial charge on any atom is 0.227 e. The molecule has 8 heteroatoms. The van der Waals surface area contributed by atoms with Crippen LogP contribution in [0.3, 0.4) is 0 Å². The molecule has 0 fully saturated rings. The fraction of sp³-hybridized carbons (Fsp3) is 0.185. The van der Waals surface area contributed by atoms with Crippen LogP contribution in [-0.2, 0) is 24.3 Å². The fourth-order valence-corrected chi connectivity index (χ4v) is 4.74. The highest BCUT2D eigenvalue weighted by Gasteiger charge is 2.30. The number of nitrogens with zero attached hydrogens (tertiary/aromatic N) is 5. The first kappa shape index (κ1) is 21.2. The highest BCUT2D eigenvalue weighted by atomic mass is 19.1. The molecule has 0 aliphatic carbocycles. The smallest absolute Gasteiger partial charge is 0.227 e. The minimum absolute atomic E-state index is 0.0410. The van der Waals surface area contributed by atoms with Gasteiger partial charge in [0, 0.05) is 34.0 Å². The monoisotopic (exact) mass is 466 g/mol. The van der Waals surface area contributed by atoms with Gasteiger partial charge in [0.25, 0.3) is 0 Å². The van der Waals surface area contributed by atoms with E-state index in [1.54, 1.807) is 12.1 Å². The number of hydrogen-bond acceptors (Lipinski definition) is 4. The summed E-state index contributed by atoms with van der Waals surface area (Å²) in [5, 5.41) is 12.0. The molecular formula is C27H23FN6O. The number of carbonyl (C=O) groups is 1. The molecule has 0 atom stereocenters. The predicted molar refractivity (Wildman–Crippen MR) is 130 cm³/mol. The van der Waals surface area contributed by atoms with Crippen molar-refractivity contribution in [3.63, 3.8) is 0 Å². The van der Waals surface area contributed by atoms with Crippen LogP contribution in [0.2, 0.25) is 0 Å². The van der Waals surface area contributed by atoms with Crippen molar-refractivity contribution in [1.82, 2.24) is 29.7 Å². The molecule has 0 unspecified atom stereocenters. The fourth-order valence-electron chi connectivity index (χ4n) is 4.74. The molecule has 2 aromatic carbocycles. The highest BCUT2D eigenvalue weighted by molar-refractivity contribution is 5.81. The van der Waals surface area contributed by atoms with Crippen molar-refractivity contribution in [2.45, 2.75) is 33.4 Å². The van der Waals surface area contributed by atoms with E-state index in [9.17, 15) is 9.18 Å². The maximum atomic E-state index is 13.4. The van der Waals surface area contributed by atoms with E-state index in [2.05, 4.69) is 10.2 Å². The Bertz CT molecular complexity index is 1550. The van der Waals surface area contributed by atoms with Crippen molar-refractivity contribution in [2.75, 3.05) is 0 Å². The van der Waals surface area contributed by atoms with Gasteiger partial charge >= 0.3 is 0 Å². The average molecular weight is 467 g/mol. The van der Waals surface area contributed by atoms with Gasteiger partial charge in [-0.1, -0.05) is 30.3 Å². The van der Waals surface area contributed by atoms with Crippen molar-refractivity contribution < 1.29 is 9.18 Å². The Morgan fingerprint density at radius 3 is 2.51 bits per heavy atom. The van der Waals surface area contributed by atoms with Gasteiger partial charge in [0.2, 0.25) is 5.91 Å². The largest absolute Gasteiger partial charge is 0.332 e. The van der Waals surface area contributed by atoms with Gasteiger partial charge in [-0.25, -0.2) is 13.9 Å². The van der Waals surface area contributed by atoms with Crippen molar-refractivity contribution in [3.05, 3.63) is 94.7 Å². The van der Waals surface area contributed by atoms with Gasteiger partial charge in [-0.2, -0.15) is 10.2 Å². The Kier molecular flexibility index (Phi) is 4.95. The van der Waals surface area contributed by atoms with Gasteiger partial charge in [-0.3, -0.25) is 9.89 Å². The maximum absolute atomic E-state index is 13.4. The second-order valence-electron chi connectivity index (χ2n) is 8.90. The number of hydrogen-bond donors (Lipinski definition) is 1. The molecule has 1 aliphatic rings. The first-order chi connectivity index (χ1) is 17.0. The molecular weight excluding hydrogens is 443 g/mol. The number of H-pyrrole nitrogens is 1. The molecule has 5 aromatic rings. The van der Waals surface area contributed by atoms with Crippen molar-refractivity contribution in [3.8, 4) is 22.5 Å². The molecule has 1 aliphatic heterocycles. The summed E-state index contributed by atoms with van der Waals surface area (Å²) in [4.78, 5) is 20.0. The average Bonchev–Trinajstić information content (AvgIpc) is 3.56. The summed E-state index contributed by atoms with van der Waals surface area (Å²) < 4.78 is 15.3. The van der Waals surface area contributed by atoms with Gasteiger partial charge in [-0.15, -0.1) is 0 Å². The third-order valence-corrected chi connectivity index (χ3v) is 6.62. The first-order valence-electron chi connectivity index (χ1n) is 11.5. The molecule has 0 radical (unpaired) electrons. The summed E-state index contributed by atoms with van der Waals surface area (Å²) in [6, 6.07) is 18.2. The Labute approximate surface area is 201 Å². The summed E-state index contributed by atoms with van der Waals surface area (Å²) in [6.45, 7) is 4.75. The zero-order valence-corrected chi connectivity index (χ0v) is 19.4. The topological polar surface area (TPSA) is 79.2 Å². The molecule has 0 saturated heterocycles. The van der Waals surface area contributed by atoms with E-state index < -0.39 is 0 Å². The molecule has 0 bridgehead atoms. The molecule has 4 heterocycles. The van der Waals surface area contributed by atoms with E-state index in [4.69, 9.17) is 10.1 Å². The number of aromatic amines is 1. The van der Waals surface area contributed by atoms with E-state index in [1.807, 2.05) is 59.7 Å². The molecule has 6 rings (SSSR count). The third kappa shape index (κ3) is 3.67. The molecule has 1 amide bonds. The second kappa shape index (κ2) is 8.16. The van der Waals surface area contributed by atoms with Crippen molar-refractivity contribution >= 4 is 11.6 Å². The lowest BCUT2D eigenvalue weighted by Gasteiger charge is -2.15. The third-order valence-electron chi connectivity index (χ3n) is 6.62. The second-order valence-corrected chi connectivity index (χ2v) is 8.90. The number of benzene rings is 2. The van der Waals surface area contributed by atoms with Crippen LogP contribution in [-0.4, -0.2) is 35.6 Å². The number of nitrogens with one attached hydrogen (secondary N) is 1. The zero-order valence-electron chi connectivity index (χ0n) is 19.4. The Morgan fingerprint density at radius 2 is 1.80 bits per heavy atom. The SMILES string of the molecule is Cc1n[nH]c(C)c1CC(=O)N1Cc2nc3cc(-c4ccc(F)cc4)nn3c(-c3ccccc3)c2C1. The Hall–Kier alpha value is -4.33. The van der Waals surface area contributed by atoms with Crippen LogP contribution in [0, 0.1) is 19.7 Å². The van der Waals surface area contributed by atoms with Crippen LogP contribution >= 0.6 is 0 Å². The number of aryl methyl sites for hydroxylation is 2. The van der Waals surface area contributed by atoms with Gasteiger partial charge in [0.05, 0.1) is 42.3 Å². The van der Waals surface area contributed by atoms with Crippen LogP contribution in [0.5, 0.6) is 0 Å². The minimum atomic E-state index is -0.287. The van der Waals surface area contributed by atoms with E-state index in [-0.39, 0.29) is 11.7 Å². The lowest BCUT2D eigenvalue weighted by Crippen LogP contribution is -2.27. The van der Waals surface area contributed by atoms with Crippen molar-refractivity contribution in [1.29, 1.82) is 0 Å². The van der Waals surface area contributed by atoms with Gasteiger partial charge < -0.3 is 4.90 Å². The Balaban J connectivity index is 1.42. The summed E-state index contributed by atoms with van der Waals surface area (Å²) in [6.07, 6.45) is 0.300. The minimum Gasteiger partial charge on any atom is -0.332 e. The van der Waals surface area contributed by atoms with Crippen molar-refractivity contribution in [2.24, 2.45) is 0 Å².